The molecule has 0 bridgehead atoms. The molecular formula is C10H16N2O2. The van der Waals surface area contributed by atoms with Crippen molar-refractivity contribution < 1.29 is 4.74 Å². The highest BCUT2D eigenvalue weighted by Gasteiger charge is 1.97. The maximum Gasteiger partial charge on any atom is 0.250 e. The molecule has 0 aromatic carbocycles. The van der Waals surface area contributed by atoms with Crippen LogP contribution in [0.1, 0.15) is 5.69 Å². The van der Waals surface area contributed by atoms with Gasteiger partial charge >= 0.3 is 0 Å². The van der Waals surface area contributed by atoms with Crippen LogP contribution in [-0.2, 0) is 11.3 Å². The van der Waals surface area contributed by atoms with Crippen molar-refractivity contribution in [2.75, 3.05) is 19.8 Å². The number of hydrogen-bond donors (Lipinski definition) is 1. The molecule has 1 rings (SSSR count). The van der Waals surface area contributed by atoms with E-state index in [0.29, 0.717) is 26.3 Å². The molecule has 4 heteroatoms. The first-order valence-electron chi connectivity index (χ1n) is 4.70. The molecule has 0 aliphatic rings. The average molecular weight is 196 g/mol. The topological polar surface area (TPSA) is 57.2 Å². The van der Waals surface area contributed by atoms with Gasteiger partial charge in [0.1, 0.15) is 0 Å². The number of pyridine rings is 1. The molecule has 4 nitrogen and oxygen atoms in total. The standard InChI is InChI=1S/C10H16N2O2/c1-9-3-2-4-10(13)12(9)6-8-14-7-5-11/h2-4H,5-8,11H2,1H3. The summed E-state index contributed by atoms with van der Waals surface area (Å²) in [6, 6.07) is 5.22. The van der Waals surface area contributed by atoms with E-state index in [2.05, 4.69) is 0 Å². The van der Waals surface area contributed by atoms with Crippen molar-refractivity contribution in [2.45, 2.75) is 13.5 Å². The zero-order valence-electron chi connectivity index (χ0n) is 8.40. The van der Waals surface area contributed by atoms with Crippen LogP contribution in [0.2, 0.25) is 0 Å². The summed E-state index contributed by atoms with van der Waals surface area (Å²) in [5.74, 6) is 0. The average Bonchev–Trinajstić information content (AvgIpc) is 2.16. The Morgan fingerprint density at radius 3 is 2.86 bits per heavy atom. The van der Waals surface area contributed by atoms with E-state index in [4.69, 9.17) is 10.5 Å². The molecule has 0 saturated heterocycles. The zero-order chi connectivity index (χ0) is 10.4. The Balaban J connectivity index is 2.54. The fraction of sp³-hybridized carbons (Fsp3) is 0.500. The first-order chi connectivity index (χ1) is 6.75. The highest BCUT2D eigenvalue weighted by molar-refractivity contribution is 5.04. The summed E-state index contributed by atoms with van der Waals surface area (Å²) in [6.45, 7) is 4.08. The maximum absolute atomic E-state index is 11.4. The highest BCUT2D eigenvalue weighted by atomic mass is 16.5. The second-order valence-electron chi connectivity index (χ2n) is 3.06. The van der Waals surface area contributed by atoms with Crippen molar-refractivity contribution >= 4 is 0 Å². The quantitative estimate of drug-likeness (QED) is 0.681. The number of rotatable bonds is 5. The molecule has 78 valence electrons. The van der Waals surface area contributed by atoms with Gasteiger partial charge in [-0.05, 0) is 13.0 Å². The normalized spacial score (nSPS) is 10.4. The largest absolute Gasteiger partial charge is 0.378 e. The molecule has 2 N–H and O–H groups in total. The first-order valence-corrected chi connectivity index (χ1v) is 4.70. The van der Waals surface area contributed by atoms with Gasteiger partial charge in [-0.2, -0.15) is 0 Å². The molecule has 1 heterocycles. The molecule has 0 saturated carbocycles. The van der Waals surface area contributed by atoms with E-state index in [1.807, 2.05) is 13.0 Å². The summed E-state index contributed by atoms with van der Waals surface area (Å²) >= 11 is 0. The van der Waals surface area contributed by atoms with Gasteiger partial charge in [0, 0.05) is 24.8 Å². The van der Waals surface area contributed by atoms with Gasteiger partial charge in [-0.25, -0.2) is 0 Å². The van der Waals surface area contributed by atoms with Crippen LogP contribution in [0.15, 0.2) is 23.0 Å². The van der Waals surface area contributed by atoms with Crippen molar-refractivity contribution in [3.8, 4) is 0 Å². The molecule has 0 spiro atoms. The molecule has 0 atom stereocenters. The lowest BCUT2D eigenvalue weighted by atomic mass is 10.3. The van der Waals surface area contributed by atoms with Gasteiger partial charge in [-0.1, -0.05) is 6.07 Å². The van der Waals surface area contributed by atoms with Crippen molar-refractivity contribution in [3.05, 3.63) is 34.2 Å². The van der Waals surface area contributed by atoms with Crippen LogP contribution in [0, 0.1) is 6.92 Å². The maximum atomic E-state index is 11.4. The smallest absolute Gasteiger partial charge is 0.250 e. The third-order valence-corrected chi connectivity index (χ3v) is 1.99. The van der Waals surface area contributed by atoms with Gasteiger partial charge in [-0.3, -0.25) is 4.79 Å². The van der Waals surface area contributed by atoms with Gasteiger partial charge in [0.25, 0.3) is 5.56 Å². The van der Waals surface area contributed by atoms with Crippen LogP contribution in [0.4, 0.5) is 0 Å². The number of hydrogen-bond acceptors (Lipinski definition) is 3. The number of nitrogens with zero attached hydrogens (tertiary/aromatic N) is 1. The number of aryl methyl sites for hydroxylation is 1. The molecule has 1 aromatic heterocycles. The molecule has 0 radical (unpaired) electrons. The van der Waals surface area contributed by atoms with Crippen molar-refractivity contribution in [1.82, 2.24) is 4.57 Å². The SMILES string of the molecule is Cc1cccc(=O)n1CCOCCN. The Bertz CT molecular complexity index is 333. The van der Waals surface area contributed by atoms with Crippen LogP contribution in [0.25, 0.3) is 0 Å². The van der Waals surface area contributed by atoms with E-state index in [0.717, 1.165) is 5.69 Å². The van der Waals surface area contributed by atoms with E-state index >= 15 is 0 Å². The molecule has 0 aliphatic carbocycles. The first kappa shape index (κ1) is 10.9. The van der Waals surface area contributed by atoms with Gasteiger partial charge in [-0.15, -0.1) is 0 Å². The molecular weight excluding hydrogens is 180 g/mol. The molecule has 0 amide bonds. The lowest BCUT2D eigenvalue weighted by Gasteiger charge is -2.08. The van der Waals surface area contributed by atoms with Crippen LogP contribution in [0.5, 0.6) is 0 Å². The highest BCUT2D eigenvalue weighted by Crippen LogP contribution is 1.93. The minimum absolute atomic E-state index is 0.0151. The van der Waals surface area contributed by atoms with Gasteiger partial charge < -0.3 is 15.0 Å². The van der Waals surface area contributed by atoms with Crippen molar-refractivity contribution in [1.29, 1.82) is 0 Å². The van der Waals surface area contributed by atoms with Crippen molar-refractivity contribution in [2.24, 2.45) is 5.73 Å². The summed E-state index contributed by atoms with van der Waals surface area (Å²) in [7, 11) is 0. The second-order valence-corrected chi connectivity index (χ2v) is 3.06. The molecule has 14 heavy (non-hydrogen) atoms. The van der Waals surface area contributed by atoms with E-state index in [1.54, 1.807) is 16.7 Å². The second kappa shape index (κ2) is 5.57. The van der Waals surface area contributed by atoms with E-state index < -0.39 is 0 Å². The summed E-state index contributed by atoms with van der Waals surface area (Å²) in [4.78, 5) is 11.4. The molecule has 0 fully saturated rings. The Kier molecular flexibility index (Phi) is 4.35. The summed E-state index contributed by atoms with van der Waals surface area (Å²) < 4.78 is 6.90. The van der Waals surface area contributed by atoms with Crippen LogP contribution in [0.3, 0.4) is 0 Å². The molecule has 0 unspecified atom stereocenters. The number of aromatic nitrogens is 1. The summed E-state index contributed by atoms with van der Waals surface area (Å²) in [6.07, 6.45) is 0. The van der Waals surface area contributed by atoms with E-state index in [-0.39, 0.29) is 5.56 Å². The Morgan fingerprint density at radius 2 is 2.21 bits per heavy atom. The number of nitrogens with two attached hydrogens (primary N) is 1. The van der Waals surface area contributed by atoms with Crippen LogP contribution >= 0.6 is 0 Å². The zero-order valence-corrected chi connectivity index (χ0v) is 8.40. The van der Waals surface area contributed by atoms with E-state index in [1.165, 1.54) is 0 Å². The predicted molar refractivity (Wildman–Crippen MR) is 55.3 cm³/mol. The van der Waals surface area contributed by atoms with Gasteiger partial charge in [0.05, 0.1) is 13.2 Å². The monoisotopic (exact) mass is 196 g/mol. The van der Waals surface area contributed by atoms with Gasteiger partial charge in [0.15, 0.2) is 0 Å². The minimum atomic E-state index is 0.0151. The Labute approximate surface area is 83.3 Å². The Morgan fingerprint density at radius 1 is 1.43 bits per heavy atom. The van der Waals surface area contributed by atoms with Crippen molar-refractivity contribution in [3.63, 3.8) is 0 Å². The lowest BCUT2D eigenvalue weighted by Crippen LogP contribution is -2.23. The number of ether oxygens (including phenoxy) is 1. The molecule has 0 aliphatic heterocycles. The lowest BCUT2D eigenvalue weighted by molar-refractivity contribution is 0.132. The summed E-state index contributed by atoms with van der Waals surface area (Å²) in [5.41, 5.74) is 6.24. The third kappa shape index (κ3) is 2.97. The van der Waals surface area contributed by atoms with Gasteiger partial charge in [0.2, 0.25) is 0 Å². The fourth-order valence-electron chi connectivity index (χ4n) is 1.25. The predicted octanol–water partition coefficient (Wildman–Crippen LogP) is 0.132. The summed E-state index contributed by atoms with van der Waals surface area (Å²) in [5, 5.41) is 0. The third-order valence-electron chi connectivity index (χ3n) is 1.99. The Hall–Kier alpha value is -1.13. The fourth-order valence-corrected chi connectivity index (χ4v) is 1.25. The van der Waals surface area contributed by atoms with E-state index in [9.17, 15) is 4.79 Å². The van der Waals surface area contributed by atoms with Crippen LogP contribution in [-0.4, -0.2) is 24.3 Å². The van der Waals surface area contributed by atoms with Crippen LogP contribution < -0.4 is 11.3 Å². The minimum Gasteiger partial charge on any atom is -0.378 e. The molecule has 1 aromatic rings.